The molecule has 3 aliphatic heterocycles. The number of fused-ring (bicyclic) bond motifs is 2. The summed E-state index contributed by atoms with van der Waals surface area (Å²) in [7, 11) is 0. The first-order valence-electron chi connectivity index (χ1n) is 10.3. The van der Waals surface area contributed by atoms with Crippen molar-refractivity contribution in [2.75, 3.05) is 19.6 Å². The van der Waals surface area contributed by atoms with Crippen molar-refractivity contribution in [3.8, 4) is 0 Å². The van der Waals surface area contributed by atoms with Crippen LogP contribution in [0.15, 0.2) is 76.7 Å². The summed E-state index contributed by atoms with van der Waals surface area (Å²) < 4.78 is 5.66. The molecular weight excluding hydrogens is 376 g/mol. The van der Waals surface area contributed by atoms with Crippen molar-refractivity contribution < 1.29 is 9.21 Å². The van der Waals surface area contributed by atoms with E-state index >= 15 is 0 Å². The van der Waals surface area contributed by atoms with Crippen LogP contribution in [-0.4, -0.2) is 46.4 Å². The molecule has 2 aromatic rings. The van der Waals surface area contributed by atoms with Crippen molar-refractivity contribution in [3.05, 3.63) is 83.7 Å². The number of benzene rings is 1. The summed E-state index contributed by atoms with van der Waals surface area (Å²) in [5.74, 6) is 0.562. The Hall–Kier alpha value is -3.38. The summed E-state index contributed by atoms with van der Waals surface area (Å²) in [6, 6.07) is 6.26. The van der Waals surface area contributed by atoms with Crippen LogP contribution in [0.2, 0.25) is 0 Å². The van der Waals surface area contributed by atoms with Crippen LogP contribution in [-0.2, 0) is 4.79 Å². The van der Waals surface area contributed by atoms with Gasteiger partial charge in [-0.1, -0.05) is 18.2 Å². The van der Waals surface area contributed by atoms with Gasteiger partial charge < -0.3 is 14.6 Å². The quantitative estimate of drug-likeness (QED) is 0.836. The van der Waals surface area contributed by atoms with Crippen LogP contribution in [0, 0.1) is 6.92 Å². The summed E-state index contributed by atoms with van der Waals surface area (Å²) in [4.78, 5) is 21.6. The van der Waals surface area contributed by atoms with E-state index in [1.807, 2.05) is 55.6 Å². The Balaban J connectivity index is 1.47. The molecule has 3 aliphatic rings. The minimum absolute atomic E-state index is 0.0699. The molecule has 1 N–H and O–H groups in total. The van der Waals surface area contributed by atoms with Gasteiger partial charge in [-0.25, -0.2) is 4.98 Å². The Kier molecular flexibility index (Phi) is 4.64. The van der Waals surface area contributed by atoms with Gasteiger partial charge in [0.15, 0.2) is 11.5 Å². The molecule has 1 aromatic heterocycles. The highest BCUT2D eigenvalue weighted by atomic mass is 16.3. The zero-order valence-electron chi connectivity index (χ0n) is 17.1. The van der Waals surface area contributed by atoms with Gasteiger partial charge in [0.2, 0.25) is 0 Å². The maximum Gasteiger partial charge on any atom is 0.255 e. The fourth-order valence-electron chi connectivity index (χ4n) is 4.08. The number of rotatable bonds is 2. The van der Waals surface area contributed by atoms with E-state index in [0.29, 0.717) is 11.9 Å². The van der Waals surface area contributed by atoms with Crippen molar-refractivity contribution in [1.82, 2.24) is 20.1 Å². The van der Waals surface area contributed by atoms with Crippen molar-refractivity contribution in [1.29, 1.82) is 0 Å². The first kappa shape index (κ1) is 18.6. The zero-order chi connectivity index (χ0) is 20.7. The normalized spacial score (nSPS) is 26.3. The fourth-order valence-corrected chi connectivity index (χ4v) is 4.08. The lowest BCUT2D eigenvalue weighted by Crippen LogP contribution is -2.48. The van der Waals surface area contributed by atoms with Gasteiger partial charge in [-0.3, -0.25) is 9.69 Å². The molecule has 5 rings (SSSR count). The number of nitrogens with zero attached hydrogens (tertiary/aromatic N) is 3. The molecule has 0 aliphatic carbocycles. The lowest BCUT2D eigenvalue weighted by atomic mass is 10.0. The summed E-state index contributed by atoms with van der Waals surface area (Å²) in [6.07, 6.45) is 13.6. The minimum atomic E-state index is -0.0699. The molecule has 0 spiro atoms. The van der Waals surface area contributed by atoms with E-state index in [-0.39, 0.29) is 5.91 Å². The van der Waals surface area contributed by atoms with Crippen molar-refractivity contribution in [2.45, 2.75) is 19.9 Å². The number of aryl methyl sites for hydroxylation is 1. The average molecular weight is 400 g/mol. The third-order valence-corrected chi connectivity index (χ3v) is 5.59. The smallest absolute Gasteiger partial charge is 0.255 e. The average Bonchev–Trinajstić information content (AvgIpc) is 3.11. The standard InChI is InChI=1S/C24H24N4O2/c1-16-14-27(11-10-25-16)21-8-7-20-5-3-4-18(13-24(29)28(20)15-21)19-6-9-22-23(12-19)30-17(2)26-22/h3-9,12-13,15-16,25H,10-11,14H2,1-2H3/b4-3+,18-13+,20-5+/t16-/m1/s1. The monoisotopic (exact) mass is 400 g/mol. The van der Waals surface area contributed by atoms with Crippen LogP contribution in [0.1, 0.15) is 18.4 Å². The van der Waals surface area contributed by atoms with Gasteiger partial charge in [0.25, 0.3) is 5.91 Å². The van der Waals surface area contributed by atoms with Gasteiger partial charge in [0.05, 0.1) is 5.70 Å². The molecule has 1 amide bonds. The van der Waals surface area contributed by atoms with Crippen LogP contribution in [0.4, 0.5) is 0 Å². The van der Waals surface area contributed by atoms with E-state index in [9.17, 15) is 4.79 Å². The number of nitrogens with one attached hydrogen (secondary N) is 1. The van der Waals surface area contributed by atoms with Gasteiger partial charge in [-0.15, -0.1) is 0 Å². The highest BCUT2D eigenvalue weighted by Crippen LogP contribution is 2.27. The van der Waals surface area contributed by atoms with Gasteiger partial charge in [0, 0.05) is 50.6 Å². The summed E-state index contributed by atoms with van der Waals surface area (Å²) in [5, 5.41) is 3.46. The third kappa shape index (κ3) is 3.50. The molecule has 152 valence electrons. The first-order valence-corrected chi connectivity index (χ1v) is 10.3. The van der Waals surface area contributed by atoms with E-state index in [4.69, 9.17) is 4.42 Å². The molecule has 30 heavy (non-hydrogen) atoms. The summed E-state index contributed by atoms with van der Waals surface area (Å²) >= 11 is 0. The van der Waals surface area contributed by atoms with E-state index in [1.165, 1.54) is 0 Å². The van der Waals surface area contributed by atoms with Gasteiger partial charge in [-0.05, 0) is 48.4 Å². The van der Waals surface area contributed by atoms with Crippen LogP contribution < -0.4 is 5.32 Å². The number of oxazole rings is 1. The second-order valence-corrected chi connectivity index (χ2v) is 7.86. The predicted molar refractivity (Wildman–Crippen MR) is 117 cm³/mol. The Morgan fingerprint density at radius 2 is 2.07 bits per heavy atom. The van der Waals surface area contributed by atoms with E-state index in [1.54, 1.807) is 11.0 Å². The summed E-state index contributed by atoms with van der Waals surface area (Å²) in [6.45, 7) is 6.81. The molecule has 0 saturated carbocycles. The molecule has 0 unspecified atom stereocenters. The zero-order valence-corrected chi connectivity index (χ0v) is 17.1. The largest absolute Gasteiger partial charge is 0.441 e. The number of amides is 1. The predicted octanol–water partition coefficient (Wildman–Crippen LogP) is 3.51. The van der Waals surface area contributed by atoms with Crippen molar-refractivity contribution in [3.63, 3.8) is 0 Å². The first-order chi connectivity index (χ1) is 14.6. The molecule has 6 nitrogen and oxygen atoms in total. The Labute approximate surface area is 175 Å². The van der Waals surface area contributed by atoms with Crippen molar-refractivity contribution >= 4 is 22.6 Å². The minimum Gasteiger partial charge on any atom is -0.441 e. The maximum atomic E-state index is 13.2. The number of allylic oxidation sites excluding steroid dienone is 6. The lowest BCUT2D eigenvalue weighted by molar-refractivity contribution is -0.122. The Bertz CT molecular complexity index is 1170. The number of hydrogen-bond donors (Lipinski definition) is 1. The third-order valence-electron chi connectivity index (χ3n) is 5.59. The molecule has 0 radical (unpaired) electrons. The lowest BCUT2D eigenvalue weighted by Gasteiger charge is -2.36. The molecule has 6 heteroatoms. The molecule has 1 aromatic carbocycles. The van der Waals surface area contributed by atoms with Crippen LogP contribution in [0.5, 0.6) is 0 Å². The number of piperazine rings is 1. The fraction of sp³-hybridized carbons (Fsp3) is 0.250. The molecule has 4 heterocycles. The number of carbonyl (C=O) groups is 1. The van der Waals surface area contributed by atoms with Crippen LogP contribution in [0.25, 0.3) is 16.7 Å². The molecule has 0 bridgehead atoms. The molecule has 1 saturated heterocycles. The second-order valence-electron chi connectivity index (χ2n) is 7.86. The Morgan fingerprint density at radius 3 is 2.93 bits per heavy atom. The molecule has 1 fully saturated rings. The van der Waals surface area contributed by atoms with Gasteiger partial charge in [-0.2, -0.15) is 0 Å². The molecule has 1 atom stereocenters. The Morgan fingerprint density at radius 1 is 1.20 bits per heavy atom. The highest BCUT2D eigenvalue weighted by molar-refractivity contribution is 6.00. The SMILES string of the molecule is Cc1nc2ccc(C3=C\C(=O)N4C=C(N5CCN[C@H](C)C5)C=C\C4=C/C=C/3)cc2o1. The topological polar surface area (TPSA) is 61.6 Å². The van der Waals surface area contributed by atoms with E-state index in [0.717, 1.165) is 53.3 Å². The highest BCUT2D eigenvalue weighted by Gasteiger charge is 2.23. The van der Waals surface area contributed by atoms with E-state index < -0.39 is 0 Å². The van der Waals surface area contributed by atoms with Gasteiger partial charge in [0.1, 0.15) is 5.52 Å². The summed E-state index contributed by atoms with van der Waals surface area (Å²) in [5.41, 5.74) is 5.23. The number of carbonyl (C=O) groups excluding carboxylic acids is 1. The maximum absolute atomic E-state index is 13.2. The van der Waals surface area contributed by atoms with E-state index in [2.05, 4.69) is 28.2 Å². The molecular formula is C24H24N4O2. The van der Waals surface area contributed by atoms with Crippen LogP contribution in [0.3, 0.4) is 0 Å². The van der Waals surface area contributed by atoms with Crippen LogP contribution >= 0.6 is 0 Å². The second kappa shape index (κ2) is 7.46. The van der Waals surface area contributed by atoms with Gasteiger partial charge >= 0.3 is 0 Å². The number of hydrogen-bond acceptors (Lipinski definition) is 5. The van der Waals surface area contributed by atoms with Crippen molar-refractivity contribution in [2.24, 2.45) is 0 Å². The number of aromatic nitrogens is 1.